The van der Waals surface area contributed by atoms with Crippen molar-refractivity contribution in [3.63, 3.8) is 0 Å². The Morgan fingerprint density at radius 3 is 2.70 bits per heavy atom. The first-order valence-electron chi connectivity index (χ1n) is 2.59. The molecule has 1 aromatic heterocycles. The van der Waals surface area contributed by atoms with E-state index in [1.807, 2.05) is 0 Å². The van der Waals surface area contributed by atoms with Crippen molar-refractivity contribution >= 4 is 0 Å². The molecule has 54 valence electrons. The van der Waals surface area contributed by atoms with Crippen LogP contribution in [0.2, 0.25) is 0 Å². The summed E-state index contributed by atoms with van der Waals surface area (Å²) in [5.74, 6) is 4.68. The fourth-order valence-electron chi connectivity index (χ4n) is 0.603. The van der Waals surface area contributed by atoms with E-state index in [9.17, 15) is 0 Å². The van der Waals surface area contributed by atoms with Crippen LogP contribution in [0.5, 0.6) is 5.75 Å². The van der Waals surface area contributed by atoms with Crippen molar-refractivity contribution in [2.75, 3.05) is 0 Å². The van der Waals surface area contributed by atoms with Gasteiger partial charge in [-0.2, -0.15) is 9.83 Å². The Kier molecular flexibility index (Phi) is 1.49. The Morgan fingerprint density at radius 2 is 2.30 bits per heavy atom. The summed E-state index contributed by atoms with van der Waals surface area (Å²) in [5.41, 5.74) is -0.0671. The van der Waals surface area contributed by atoms with E-state index < -0.39 is 0 Å². The molecule has 0 amide bonds. The third kappa shape index (κ3) is 0.883. The number of aromatic nitrogens is 1. The molecule has 4 N–H and O–H groups in total. The summed E-state index contributed by atoms with van der Waals surface area (Å²) in [6, 6.07) is 2.84. The molecule has 0 aromatic carbocycles. The zero-order valence-electron chi connectivity index (χ0n) is 5.10. The minimum atomic E-state index is -0.160. The van der Waals surface area contributed by atoms with Crippen molar-refractivity contribution in [2.24, 2.45) is 10.9 Å². The molecular weight excluding hydrogens is 134 g/mol. The maximum atomic E-state index is 8.94. The number of hydrogen-bond donors (Lipinski definition) is 3. The second kappa shape index (κ2) is 2.30. The Labute approximate surface area is 56.6 Å². The molecule has 1 aromatic rings. The fraction of sp³-hybridized carbons (Fsp3) is 0. The number of rotatable bonds is 0. The maximum Gasteiger partial charge on any atom is 0.228 e. The van der Waals surface area contributed by atoms with Crippen LogP contribution < -0.4 is 11.3 Å². The van der Waals surface area contributed by atoms with Crippen molar-refractivity contribution in [1.29, 1.82) is 0 Å². The van der Waals surface area contributed by atoms with E-state index in [0.717, 1.165) is 0 Å². The van der Waals surface area contributed by atoms with Crippen LogP contribution in [0.25, 0.3) is 0 Å². The van der Waals surface area contributed by atoms with Gasteiger partial charge in [0.05, 0.1) is 0 Å². The Bertz CT molecular complexity index is 268. The molecule has 0 unspecified atom stereocenters. The van der Waals surface area contributed by atoms with Crippen molar-refractivity contribution < 1.29 is 10.3 Å². The van der Waals surface area contributed by atoms with Crippen LogP contribution in [-0.4, -0.2) is 15.0 Å². The number of nitrogens with two attached hydrogens (primary N) is 1. The quantitative estimate of drug-likeness (QED) is 0.251. The van der Waals surface area contributed by atoms with Crippen molar-refractivity contribution in [1.82, 2.24) is 4.73 Å². The van der Waals surface area contributed by atoms with Gasteiger partial charge in [-0.3, -0.25) is 0 Å². The number of pyridine rings is 1. The highest BCUT2D eigenvalue weighted by atomic mass is 16.5. The molecule has 1 rings (SSSR count). The van der Waals surface area contributed by atoms with E-state index in [1.54, 1.807) is 0 Å². The smallest absolute Gasteiger partial charge is 0.228 e. The van der Waals surface area contributed by atoms with Gasteiger partial charge in [0.1, 0.15) is 0 Å². The van der Waals surface area contributed by atoms with Gasteiger partial charge in [-0.05, 0) is 12.1 Å². The van der Waals surface area contributed by atoms with Gasteiger partial charge >= 0.3 is 0 Å². The predicted molar refractivity (Wildman–Crippen MR) is 33.0 cm³/mol. The molecule has 0 bridgehead atoms. The van der Waals surface area contributed by atoms with Gasteiger partial charge in [-0.15, -0.1) is 0 Å². The normalized spacial score (nSPS) is 11.8. The molecule has 0 aliphatic rings. The second-order valence-corrected chi connectivity index (χ2v) is 1.69. The Morgan fingerprint density at radius 1 is 1.60 bits per heavy atom. The molecule has 0 aliphatic carbocycles. The van der Waals surface area contributed by atoms with Crippen molar-refractivity contribution in [2.45, 2.75) is 0 Å². The molecule has 0 radical (unpaired) electrons. The predicted octanol–water partition coefficient (Wildman–Crippen LogP) is -0.795. The van der Waals surface area contributed by atoms with E-state index in [2.05, 4.69) is 5.10 Å². The SMILES string of the molecule is NN=c1c(O)cccn1O. The molecule has 1 heterocycles. The highest BCUT2D eigenvalue weighted by molar-refractivity contribution is 5.13. The van der Waals surface area contributed by atoms with Crippen LogP contribution in [0.3, 0.4) is 0 Å². The molecule has 0 aliphatic heterocycles. The minimum Gasteiger partial charge on any atom is -0.504 e. The average molecular weight is 141 g/mol. The van der Waals surface area contributed by atoms with Gasteiger partial charge in [-0.25, -0.2) is 0 Å². The lowest BCUT2D eigenvalue weighted by Gasteiger charge is -1.96. The standard InChI is InChI=1S/C5H7N3O2/c6-7-5-4(9)2-1-3-8(5)10/h1-3,9-10H,6H2. The lowest BCUT2D eigenvalue weighted by atomic mass is 10.4. The number of nitrogens with zero attached hydrogens (tertiary/aromatic N) is 2. The van der Waals surface area contributed by atoms with E-state index in [4.69, 9.17) is 16.2 Å². The lowest BCUT2D eigenvalue weighted by Crippen LogP contribution is -2.19. The van der Waals surface area contributed by atoms with Crippen LogP contribution in [0.1, 0.15) is 0 Å². The van der Waals surface area contributed by atoms with Crippen molar-refractivity contribution in [3.8, 4) is 5.75 Å². The van der Waals surface area contributed by atoms with E-state index in [-0.39, 0.29) is 11.2 Å². The summed E-state index contributed by atoms with van der Waals surface area (Å²) in [4.78, 5) is 0. The summed E-state index contributed by atoms with van der Waals surface area (Å²) in [5, 5.41) is 20.9. The van der Waals surface area contributed by atoms with Gasteiger partial charge < -0.3 is 16.2 Å². The number of aromatic hydroxyl groups is 1. The Hall–Kier alpha value is -1.65. The molecule has 0 saturated carbocycles. The highest BCUT2D eigenvalue weighted by Crippen LogP contribution is 1.95. The van der Waals surface area contributed by atoms with Crippen LogP contribution in [0.15, 0.2) is 23.4 Å². The van der Waals surface area contributed by atoms with Gasteiger partial charge in [0.2, 0.25) is 5.49 Å². The maximum absolute atomic E-state index is 8.94. The molecule has 0 atom stereocenters. The van der Waals surface area contributed by atoms with Crippen LogP contribution >= 0.6 is 0 Å². The van der Waals surface area contributed by atoms with E-state index in [0.29, 0.717) is 4.73 Å². The highest BCUT2D eigenvalue weighted by Gasteiger charge is 1.93. The first-order valence-corrected chi connectivity index (χ1v) is 2.59. The fourth-order valence-corrected chi connectivity index (χ4v) is 0.603. The summed E-state index contributed by atoms with van der Waals surface area (Å²) in [7, 11) is 0. The second-order valence-electron chi connectivity index (χ2n) is 1.69. The topological polar surface area (TPSA) is 83.8 Å². The van der Waals surface area contributed by atoms with Gasteiger partial charge in [-0.1, -0.05) is 0 Å². The molecule has 0 fully saturated rings. The lowest BCUT2D eigenvalue weighted by molar-refractivity contribution is 0.167. The zero-order valence-corrected chi connectivity index (χ0v) is 5.10. The molecule has 10 heavy (non-hydrogen) atoms. The van der Waals surface area contributed by atoms with Crippen LogP contribution in [0.4, 0.5) is 0 Å². The molecule has 0 spiro atoms. The summed E-state index contributed by atoms with van der Waals surface area (Å²) in [6.07, 6.45) is 1.31. The van der Waals surface area contributed by atoms with Crippen LogP contribution in [0, 0.1) is 0 Å². The minimum absolute atomic E-state index is 0.0671. The van der Waals surface area contributed by atoms with Gasteiger partial charge in [0, 0.05) is 6.20 Å². The average Bonchev–Trinajstić information content (AvgIpc) is 1.88. The van der Waals surface area contributed by atoms with Gasteiger partial charge in [0.15, 0.2) is 5.75 Å². The van der Waals surface area contributed by atoms with E-state index >= 15 is 0 Å². The molecule has 5 heteroatoms. The van der Waals surface area contributed by atoms with E-state index in [1.165, 1.54) is 18.3 Å². The molecular formula is C5H7N3O2. The largest absolute Gasteiger partial charge is 0.504 e. The first-order chi connectivity index (χ1) is 4.75. The zero-order chi connectivity index (χ0) is 7.56. The molecule has 5 nitrogen and oxygen atoms in total. The summed E-state index contributed by atoms with van der Waals surface area (Å²) < 4.78 is 0.634. The molecule has 0 saturated heterocycles. The summed E-state index contributed by atoms with van der Waals surface area (Å²) >= 11 is 0. The third-order valence-corrected chi connectivity index (χ3v) is 1.05. The Balaban J connectivity index is 3.47. The first kappa shape index (κ1) is 6.47. The van der Waals surface area contributed by atoms with Crippen molar-refractivity contribution in [3.05, 3.63) is 23.8 Å². The summed E-state index contributed by atoms with van der Waals surface area (Å²) in [6.45, 7) is 0. The number of hydrogen-bond acceptors (Lipinski definition) is 4. The monoisotopic (exact) mass is 141 g/mol. The van der Waals surface area contributed by atoms with Gasteiger partial charge in [0.25, 0.3) is 0 Å². The third-order valence-electron chi connectivity index (χ3n) is 1.05. The van der Waals surface area contributed by atoms with Crippen LogP contribution in [-0.2, 0) is 0 Å².